The number of aromatic amines is 1. The second kappa shape index (κ2) is 11.5. The van der Waals surface area contributed by atoms with Crippen molar-refractivity contribution in [1.82, 2.24) is 24.8 Å². The first-order valence-corrected chi connectivity index (χ1v) is 13.3. The number of carbonyl (C=O) groups excluding carboxylic acids is 1. The van der Waals surface area contributed by atoms with Crippen molar-refractivity contribution >= 4 is 34.0 Å². The second-order valence-electron chi connectivity index (χ2n) is 10.0. The van der Waals surface area contributed by atoms with Crippen LogP contribution < -0.4 is 15.0 Å². The van der Waals surface area contributed by atoms with E-state index in [0.29, 0.717) is 28.7 Å². The van der Waals surface area contributed by atoms with Crippen LogP contribution in [0.4, 0.5) is 21.6 Å². The maximum atomic E-state index is 15.4. The number of hydrogen-bond donors (Lipinski definition) is 3. The van der Waals surface area contributed by atoms with Gasteiger partial charge in [-0.1, -0.05) is 0 Å². The molecule has 0 bridgehead atoms. The molecular formula is C29H34FN7O3. The molecule has 0 atom stereocenters. The Balaban J connectivity index is 1.51. The zero-order valence-electron chi connectivity index (χ0n) is 23.2. The van der Waals surface area contributed by atoms with Gasteiger partial charge in [0.25, 0.3) is 5.91 Å². The maximum Gasteiger partial charge on any atom is 0.262 e. The second-order valence-corrected chi connectivity index (χ2v) is 10.0. The lowest BCUT2D eigenvalue weighted by molar-refractivity contribution is 0.0799. The van der Waals surface area contributed by atoms with Crippen molar-refractivity contribution in [3.05, 3.63) is 65.4 Å². The standard InChI is InChI=1S/C29H34FN7O3/c1-5-36(4)29(39)25-27(34-22-7-6-20(15-19(22)16-38)37-12-10-35(3)11-13-37)31-17-32-28(25)40-24-9-8-23-21(26(24)30)14-18(2)33-23/h6-9,14-15,17,33,38H,5,10-13,16H2,1-4H3,(H,31,32,34). The smallest absolute Gasteiger partial charge is 0.262 e. The number of H-pyrrole nitrogens is 1. The third-order valence-electron chi connectivity index (χ3n) is 7.27. The highest BCUT2D eigenvalue weighted by molar-refractivity contribution is 6.01. The summed E-state index contributed by atoms with van der Waals surface area (Å²) in [6, 6.07) is 10.7. The quantitative estimate of drug-likeness (QED) is 0.300. The Labute approximate surface area is 232 Å². The van der Waals surface area contributed by atoms with Gasteiger partial charge in [-0.3, -0.25) is 4.79 Å². The summed E-state index contributed by atoms with van der Waals surface area (Å²) < 4.78 is 21.3. The van der Waals surface area contributed by atoms with E-state index in [1.165, 1.54) is 17.3 Å². The molecular weight excluding hydrogens is 513 g/mol. The Bertz CT molecular complexity index is 1530. The fourth-order valence-electron chi connectivity index (χ4n) is 4.76. The minimum Gasteiger partial charge on any atom is -0.435 e. The Kier molecular flexibility index (Phi) is 7.85. The van der Waals surface area contributed by atoms with Gasteiger partial charge in [0, 0.05) is 73.3 Å². The fourth-order valence-corrected chi connectivity index (χ4v) is 4.76. The van der Waals surface area contributed by atoms with Crippen molar-refractivity contribution in [2.75, 3.05) is 57.0 Å². The van der Waals surface area contributed by atoms with Crippen LogP contribution in [-0.2, 0) is 6.61 Å². The van der Waals surface area contributed by atoms with Gasteiger partial charge in [-0.2, -0.15) is 0 Å². The highest BCUT2D eigenvalue weighted by atomic mass is 19.1. The molecule has 0 saturated carbocycles. The van der Waals surface area contributed by atoms with Crippen molar-refractivity contribution in [1.29, 1.82) is 0 Å². The molecule has 2 aromatic carbocycles. The molecule has 4 aromatic rings. The van der Waals surface area contributed by atoms with E-state index in [0.717, 1.165) is 37.6 Å². The number of aryl methyl sites for hydroxylation is 1. The van der Waals surface area contributed by atoms with E-state index >= 15 is 4.39 Å². The van der Waals surface area contributed by atoms with Crippen molar-refractivity contribution in [2.45, 2.75) is 20.5 Å². The number of anilines is 3. The number of fused-ring (bicyclic) bond motifs is 1. The average molecular weight is 548 g/mol. The molecule has 1 amide bonds. The Morgan fingerprint density at radius 1 is 1.18 bits per heavy atom. The largest absolute Gasteiger partial charge is 0.435 e. The normalized spacial score (nSPS) is 14.0. The maximum absolute atomic E-state index is 15.4. The van der Waals surface area contributed by atoms with Crippen LogP contribution in [-0.4, -0.2) is 82.6 Å². The van der Waals surface area contributed by atoms with Crippen molar-refractivity contribution in [3.63, 3.8) is 0 Å². The molecule has 0 spiro atoms. The molecule has 0 radical (unpaired) electrons. The van der Waals surface area contributed by atoms with Crippen LogP contribution >= 0.6 is 0 Å². The van der Waals surface area contributed by atoms with Crippen LogP contribution in [0.2, 0.25) is 0 Å². The molecule has 1 saturated heterocycles. The molecule has 1 aliphatic rings. The SMILES string of the molecule is CCN(C)C(=O)c1c(Nc2ccc(N3CCN(C)CC3)cc2CO)ncnc1Oc1ccc2[nH]c(C)cc2c1F. The minimum atomic E-state index is -0.556. The van der Waals surface area contributed by atoms with Crippen molar-refractivity contribution < 1.29 is 19.0 Å². The molecule has 2 aromatic heterocycles. The number of aliphatic hydroxyl groups excluding tert-OH is 1. The Morgan fingerprint density at radius 3 is 2.67 bits per heavy atom. The minimum absolute atomic E-state index is 0.0584. The van der Waals surface area contributed by atoms with Gasteiger partial charge in [0.2, 0.25) is 5.88 Å². The molecule has 40 heavy (non-hydrogen) atoms. The molecule has 210 valence electrons. The Morgan fingerprint density at radius 2 is 1.95 bits per heavy atom. The summed E-state index contributed by atoms with van der Waals surface area (Å²) in [6.45, 7) is 7.63. The van der Waals surface area contributed by atoms with Gasteiger partial charge >= 0.3 is 0 Å². The molecule has 0 aliphatic carbocycles. The van der Waals surface area contributed by atoms with Crippen molar-refractivity contribution in [3.8, 4) is 11.6 Å². The first-order valence-electron chi connectivity index (χ1n) is 13.3. The van der Waals surface area contributed by atoms with Gasteiger partial charge in [-0.25, -0.2) is 14.4 Å². The lowest BCUT2D eigenvalue weighted by Gasteiger charge is -2.34. The number of piperazine rings is 1. The number of halogens is 1. The summed E-state index contributed by atoms with van der Waals surface area (Å²) >= 11 is 0. The number of rotatable bonds is 8. The van der Waals surface area contributed by atoms with E-state index in [1.54, 1.807) is 19.2 Å². The topological polar surface area (TPSA) is 110 Å². The number of aliphatic hydroxyl groups is 1. The summed E-state index contributed by atoms with van der Waals surface area (Å²) in [5.74, 6) is -0.889. The van der Waals surface area contributed by atoms with E-state index in [1.807, 2.05) is 32.0 Å². The van der Waals surface area contributed by atoms with Gasteiger partial charge in [-0.15, -0.1) is 0 Å². The predicted molar refractivity (Wildman–Crippen MR) is 153 cm³/mol. The zero-order valence-corrected chi connectivity index (χ0v) is 23.2. The molecule has 1 aliphatic heterocycles. The van der Waals surface area contributed by atoms with Crippen LogP contribution in [0.1, 0.15) is 28.5 Å². The van der Waals surface area contributed by atoms with Gasteiger partial charge in [-0.05, 0) is 57.3 Å². The number of amides is 1. The van der Waals surface area contributed by atoms with Crippen LogP contribution in [0.15, 0.2) is 42.7 Å². The van der Waals surface area contributed by atoms with Crippen LogP contribution in [0.5, 0.6) is 11.6 Å². The molecule has 5 rings (SSSR count). The molecule has 3 N–H and O–H groups in total. The lowest BCUT2D eigenvalue weighted by atomic mass is 10.1. The first-order chi connectivity index (χ1) is 19.3. The molecule has 1 fully saturated rings. The molecule has 3 heterocycles. The van der Waals surface area contributed by atoms with Gasteiger partial charge in [0.05, 0.1) is 6.61 Å². The number of hydrogen-bond acceptors (Lipinski definition) is 8. The van der Waals surface area contributed by atoms with Gasteiger partial charge in [0.15, 0.2) is 17.4 Å². The predicted octanol–water partition coefficient (Wildman–Crippen LogP) is 4.28. The highest BCUT2D eigenvalue weighted by Crippen LogP contribution is 2.35. The molecule has 11 heteroatoms. The van der Waals surface area contributed by atoms with E-state index in [2.05, 4.69) is 37.1 Å². The average Bonchev–Trinajstić information content (AvgIpc) is 3.35. The fraction of sp³-hybridized carbons (Fsp3) is 0.345. The number of likely N-dealkylation sites (N-methyl/N-ethyl adjacent to an activating group) is 1. The number of nitrogens with zero attached hydrogens (tertiary/aromatic N) is 5. The highest BCUT2D eigenvalue weighted by Gasteiger charge is 2.26. The first kappa shape index (κ1) is 27.4. The monoisotopic (exact) mass is 547 g/mol. The number of benzene rings is 2. The summed E-state index contributed by atoms with van der Waals surface area (Å²) in [5.41, 5.74) is 3.78. The zero-order chi connectivity index (χ0) is 28.4. The third-order valence-corrected chi connectivity index (χ3v) is 7.27. The van der Waals surface area contributed by atoms with Crippen molar-refractivity contribution in [2.24, 2.45) is 0 Å². The Hall–Kier alpha value is -4.22. The van der Waals surface area contributed by atoms with Gasteiger partial charge < -0.3 is 34.8 Å². The number of ether oxygens (including phenoxy) is 1. The van der Waals surface area contributed by atoms with E-state index in [9.17, 15) is 9.90 Å². The van der Waals surface area contributed by atoms with Gasteiger partial charge in [0.1, 0.15) is 11.9 Å². The summed E-state index contributed by atoms with van der Waals surface area (Å²) in [7, 11) is 3.76. The number of nitrogens with one attached hydrogen (secondary N) is 2. The van der Waals surface area contributed by atoms with E-state index in [-0.39, 0.29) is 35.5 Å². The summed E-state index contributed by atoms with van der Waals surface area (Å²) in [4.78, 5) is 31.2. The number of aromatic nitrogens is 3. The van der Waals surface area contributed by atoms with Crippen LogP contribution in [0.25, 0.3) is 10.9 Å². The van der Waals surface area contributed by atoms with E-state index in [4.69, 9.17) is 4.74 Å². The summed E-state index contributed by atoms with van der Waals surface area (Å²) in [5, 5.41) is 13.8. The lowest BCUT2D eigenvalue weighted by Crippen LogP contribution is -2.44. The summed E-state index contributed by atoms with van der Waals surface area (Å²) in [6.07, 6.45) is 1.26. The third kappa shape index (κ3) is 5.43. The van der Waals surface area contributed by atoms with Crippen LogP contribution in [0, 0.1) is 12.7 Å². The molecule has 0 unspecified atom stereocenters. The number of carbonyl (C=O) groups is 1. The molecule has 10 nitrogen and oxygen atoms in total. The van der Waals surface area contributed by atoms with E-state index < -0.39 is 5.82 Å². The van der Waals surface area contributed by atoms with Crippen LogP contribution in [0.3, 0.4) is 0 Å².